The highest BCUT2D eigenvalue weighted by Crippen LogP contribution is 2.40. The van der Waals surface area contributed by atoms with Gasteiger partial charge in [0, 0.05) is 49.5 Å². The molecule has 33 heavy (non-hydrogen) atoms. The number of amides is 1. The fraction of sp³-hybridized carbons (Fsp3) is 0.444. The molecule has 2 heterocycles. The minimum absolute atomic E-state index is 0.0625. The van der Waals surface area contributed by atoms with Crippen LogP contribution in [0, 0.1) is 0 Å². The molecule has 6 nitrogen and oxygen atoms in total. The SMILES string of the molecule is C=CCCC(c1ccc(OC)c(OC)c1)N1Cc2c(cccc2N2CCN(CC)CC2)C1=O. The van der Waals surface area contributed by atoms with Crippen LogP contribution >= 0.6 is 0 Å². The normalized spacial score (nSPS) is 17.1. The summed E-state index contributed by atoms with van der Waals surface area (Å²) in [6.07, 6.45) is 3.55. The lowest BCUT2D eigenvalue weighted by Gasteiger charge is -2.36. The summed E-state index contributed by atoms with van der Waals surface area (Å²) in [5.74, 6) is 1.47. The zero-order valence-electron chi connectivity index (χ0n) is 20.0. The molecule has 0 spiro atoms. The number of methoxy groups -OCH3 is 2. The van der Waals surface area contributed by atoms with Crippen molar-refractivity contribution in [3.05, 3.63) is 65.7 Å². The van der Waals surface area contributed by atoms with E-state index in [9.17, 15) is 4.79 Å². The van der Waals surface area contributed by atoms with Crippen LogP contribution in [0.3, 0.4) is 0 Å². The zero-order valence-corrected chi connectivity index (χ0v) is 20.0. The molecule has 2 aromatic rings. The van der Waals surface area contributed by atoms with E-state index in [1.54, 1.807) is 14.2 Å². The van der Waals surface area contributed by atoms with Gasteiger partial charge in [-0.15, -0.1) is 6.58 Å². The number of allylic oxidation sites excluding steroid dienone is 1. The fourth-order valence-electron chi connectivity index (χ4n) is 5.03. The van der Waals surface area contributed by atoms with Crippen molar-refractivity contribution in [3.63, 3.8) is 0 Å². The Morgan fingerprint density at radius 2 is 1.82 bits per heavy atom. The molecule has 2 aliphatic rings. The van der Waals surface area contributed by atoms with Crippen LogP contribution in [0.25, 0.3) is 0 Å². The second kappa shape index (κ2) is 10.3. The molecular formula is C27H35N3O3. The first kappa shape index (κ1) is 23.2. The molecule has 0 aliphatic carbocycles. The minimum atomic E-state index is -0.0625. The highest BCUT2D eigenvalue weighted by Gasteiger charge is 2.36. The number of rotatable bonds is 9. The summed E-state index contributed by atoms with van der Waals surface area (Å²) in [6, 6.07) is 12.1. The molecule has 1 saturated heterocycles. The number of anilines is 1. The van der Waals surface area contributed by atoms with E-state index < -0.39 is 0 Å². The van der Waals surface area contributed by atoms with E-state index >= 15 is 0 Å². The molecule has 1 amide bonds. The van der Waals surface area contributed by atoms with Crippen LogP contribution in [0.4, 0.5) is 5.69 Å². The van der Waals surface area contributed by atoms with Gasteiger partial charge in [-0.3, -0.25) is 4.79 Å². The van der Waals surface area contributed by atoms with Crippen LogP contribution in [0.2, 0.25) is 0 Å². The van der Waals surface area contributed by atoms with Crippen molar-refractivity contribution in [1.29, 1.82) is 0 Å². The fourth-order valence-corrected chi connectivity index (χ4v) is 5.03. The van der Waals surface area contributed by atoms with E-state index in [1.807, 2.05) is 41.3 Å². The van der Waals surface area contributed by atoms with Crippen molar-refractivity contribution in [2.45, 2.75) is 32.4 Å². The van der Waals surface area contributed by atoms with Crippen LogP contribution in [-0.2, 0) is 6.54 Å². The Bertz CT molecular complexity index is 998. The molecule has 6 heteroatoms. The Kier molecular flexibility index (Phi) is 7.23. The van der Waals surface area contributed by atoms with Gasteiger partial charge in [0.25, 0.3) is 5.91 Å². The number of nitrogens with zero attached hydrogens (tertiary/aromatic N) is 3. The molecule has 1 unspecified atom stereocenters. The second-order valence-corrected chi connectivity index (χ2v) is 8.65. The number of likely N-dealkylation sites (N-methyl/N-ethyl adjacent to an activating group) is 1. The van der Waals surface area contributed by atoms with Gasteiger partial charge in [-0.1, -0.05) is 25.1 Å². The van der Waals surface area contributed by atoms with Gasteiger partial charge in [0.1, 0.15) is 0 Å². The van der Waals surface area contributed by atoms with E-state index in [2.05, 4.69) is 29.4 Å². The molecule has 0 N–H and O–H groups in total. The standard InChI is InChI=1S/C27H35N3O3/c1-5-7-10-23(20-12-13-25(32-3)26(18-20)33-4)30-19-22-21(27(30)31)9-8-11-24(22)29-16-14-28(6-2)15-17-29/h5,8-9,11-13,18,23H,1,6-7,10,14-17,19H2,2-4H3. The van der Waals surface area contributed by atoms with Crippen molar-refractivity contribution < 1.29 is 14.3 Å². The number of piperazine rings is 1. The zero-order chi connectivity index (χ0) is 23.4. The lowest BCUT2D eigenvalue weighted by molar-refractivity contribution is 0.0692. The van der Waals surface area contributed by atoms with Gasteiger partial charge >= 0.3 is 0 Å². The van der Waals surface area contributed by atoms with Gasteiger partial charge in [0.15, 0.2) is 11.5 Å². The molecule has 4 rings (SSSR count). The number of hydrogen-bond donors (Lipinski definition) is 0. The van der Waals surface area contributed by atoms with Crippen LogP contribution in [0.5, 0.6) is 11.5 Å². The predicted octanol–water partition coefficient (Wildman–Crippen LogP) is 4.51. The van der Waals surface area contributed by atoms with Crippen LogP contribution < -0.4 is 14.4 Å². The first-order chi connectivity index (χ1) is 16.1. The third-order valence-electron chi connectivity index (χ3n) is 6.94. The molecule has 2 aromatic carbocycles. The lowest BCUT2D eigenvalue weighted by Crippen LogP contribution is -2.46. The Balaban J connectivity index is 1.64. The maximum absolute atomic E-state index is 13.6. The molecule has 0 aromatic heterocycles. The summed E-state index contributed by atoms with van der Waals surface area (Å²) in [5, 5.41) is 0. The van der Waals surface area contributed by atoms with Gasteiger partial charge in [-0.2, -0.15) is 0 Å². The summed E-state index contributed by atoms with van der Waals surface area (Å²) in [5.41, 5.74) is 4.23. The summed E-state index contributed by atoms with van der Waals surface area (Å²) in [7, 11) is 3.27. The van der Waals surface area contributed by atoms with Crippen LogP contribution in [0.1, 0.15) is 47.3 Å². The summed E-state index contributed by atoms with van der Waals surface area (Å²) < 4.78 is 11.0. The summed E-state index contributed by atoms with van der Waals surface area (Å²) in [6.45, 7) is 11.9. The minimum Gasteiger partial charge on any atom is -0.493 e. The van der Waals surface area contributed by atoms with Gasteiger partial charge in [-0.05, 0) is 49.2 Å². The maximum Gasteiger partial charge on any atom is 0.255 e. The van der Waals surface area contributed by atoms with Crippen molar-refractivity contribution in [1.82, 2.24) is 9.80 Å². The average Bonchev–Trinajstić information content (AvgIpc) is 3.20. The number of carbonyl (C=O) groups is 1. The quantitative estimate of drug-likeness (QED) is 0.527. The van der Waals surface area contributed by atoms with Gasteiger partial charge in [0.05, 0.1) is 20.3 Å². The maximum atomic E-state index is 13.6. The first-order valence-electron chi connectivity index (χ1n) is 11.8. The molecular weight excluding hydrogens is 414 g/mol. The smallest absolute Gasteiger partial charge is 0.255 e. The molecule has 0 saturated carbocycles. The third-order valence-corrected chi connectivity index (χ3v) is 6.94. The Morgan fingerprint density at radius 1 is 1.06 bits per heavy atom. The topological polar surface area (TPSA) is 45.3 Å². The average molecular weight is 450 g/mol. The number of hydrogen-bond acceptors (Lipinski definition) is 5. The summed E-state index contributed by atoms with van der Waals surface area (Å²) in [4.78, 5) is 20.5. The highest BCUT2D eigenvalue weighted by molar-refractivity contribution is 6.00. The molecule has 2 aliphatic heterocycles. The monoisotopic (exact) mass is 449 g/mol. The lowest BCUT2D eigenvalue weighted by atomic mass is 9.99. The summed E-state index contributed by atoms with van der Waals surface area (Å²) >= 11 is 0. The van der Waals surface area contributed by atoms with Gasteiger partial charge < -0.3 is 24.2 Å². The van der Waals surface area contributed by atoms with Crippen LogP contribution in [0.15, 0.2) is 49.1 Å². The first-order valence-corrected chi connectivity index (χ1v) is 11.8. The van der Waals surface area contributed by atoms with Crippen molar-refractivity contribution >= 4 is 11.6 Å². The van der Waals surface area contributed by atoms with E-state index in [4.69, 9.17) is 9.47 Å². The highest BCUT2D eigenvalue weighted by atomic mass is 16.5. The van der Waals surface area contributed by atoms with E-state index in [1.165, 1.54) is 5.69 Å². The number of fused-ring (bicyclic) bond motifs is 1. The van der Waals surface area contributed by atoms with Gasteiger partial charge in [-0.25, -0.2) is 0 Å². The van der Waals surface area contributed by atoms with E-state index in [-0.39, 0.29) is 11.9 Å². The molecule has 0 radical (unpaired) electrons. The van der Waals surface area contributed by atoms with Crippen molar-refractivity contribution in [2.75, 3.05) is 51.8 Å². The number of benzene rings is 2. The van der Waals surface area contributed by atoms with Gasteiger partial charge in [0.2, 0.25) is 0 Å². The molecule has 0 bridgehead atoms. The number of ether oxygens (including phenoxy) is 2. The Morgan fingerprint density at radius 3 is 2.48 bits per heavy atom. The second-order valence-electron chi connectivity index (χ2n) is 8.65. The number of carbonyl (C=O) groups excluding carboxylic acids is 1. The Hall–Kier alpha value is -2.99. The molecule has 1 fully saturated rings. The van der Waals surface area contributed by atoms with Crippen molar-refractivity contribution in [2.24, 2.45) is 0 Å². The predicted molar refractivity (Wildman–Crippen MR) is 132 cm³/mol. The molecule has 176 valence electrons. The Labute approximate surface area is 197 Å². The van der Waals surface area contributed by atoms with Crippen LogP contribution in [-0.4, -0.2) is 62.7 Å². The van der Waals surface area contributed by atoms with E-state index in [0.717, 1.165) is 62.3 Å². The largest absolute Gasteiger partial charge is 0.493 e. The van der Waals surface area contributed by atoms with Crippen molar-refractivity contribution in [3.8, 4) is 11.5 Å². The van der Waals surface area contributed by atoms with E-state index in [0.29, 0.717) is 18.0 Å². The third kappa shape index (κ3) is 4.58. The molecule has 1 atom stereocenters.